The zero-order chi connectivity index (χ0) is 13.4. The number of amides is 2. The molecule has 0 aromatic rings. The zero-order valence-electron chi connectivity index (χ0n) is 11.4. The lowest BCUT2D eigenvalue weighted by Crippen LogP contribution is -2.65. The summed E-state index contributed by atoms with van der Waals surface area (Å²) < 4.78 is 0. The number of carbonyl (C=O) groups is 2. The molecule has 0 aromatic heterocycles. The molecule has 1 aliphatic carbocycles. The number of rotatable bonds is 4. The zero-order valence-corrected chi connectivity index (χ0v) is 11.4. The summed E-state index contributed by atoms with van der Waals surface area (Å²) in [5.74, 6) is 0.525. The molecule has 2 fully saturated rings. The van der Waals surface area contributed by atoms with E-state index >= 15 is 0 Å². The average Bonchev–Trinajstić information content (AvgIpc) is 3.05. The third-order valence-corrected chi connectivity index (χ3v) is 3.62. The van der Waals surface area contributed by atoms with Crippen molar-refractivity contribution in [1.29, 1.82) is 0 Å². The SMILES string of the molecule is C=C(C)CN1C(=O)C(C2CC2)NC(=O)C1C(C)C. The van der Waals surface area contributed by atoms with Crippen LogP contribution in [0.15, 0.2) is 12.2 Å². The highest BCUT2D eigenvalue weighted by Gasteiger charge is 2.47. The standard InChI is InChI=1S/C14H22N2O2/c1-8(2)7-16-12(9(3)4)13(17)15-11(14(16)18)10-5-6-10/h9-12H,1,5-7H2,2-4H3,(H,15,17). The summed E-state index contributed by atoms with van der Waals surface area (Å²) in [4.78, 5) is 26.4. The Morgan fingerprint density at radius 3 is 2.50 bits per heavy atom. The fourth-order valence-corrected chi connectivity index (χ4v) is 2.64. The maximum Gasteiger partial charge on any atom is 0.246 e. The minimum atomic E-state index is -0.357. The van der Waals surface area contributed by atoms with Crippen LogP contribution in [0.25, 0.3) is 0 Å². The number of hydrogen-bond acceptors (Lipinski definition) is 2. The molecule has 2 aliphatic rings. The van der Waals surface area contributed by atoms with Crippen LogP contribution >= 0.6 is 0 Å². The van der Waals surface area contributed by atoms with Gasteiger partial charge in [0.05, 0.1) is 0 Å². The van der Waals surface area contributed by atoms with Crippen molar-refractivity contribution in [3.05, 3.63) is 12.2 Å². The lowest BCUT2D eigenvalue weighted by Gasteiger charge is -2.41. The smallest absolute Gasteiger partial charge is 0.246 e. The van der Waals surface area contributed by atoms with E-state index in [4.69, 9.17) is 0 Å². The lowest BCUT2D eigenvalue weighted by atomic mass is 9.95. The van der Waals surface area contributed by atoms with Crippen molar-refractivity contribution in [3.8, 4) is 0 Å². The lowest BCUT2D eigenvalue weighted by molar-refractivity contribution is -0.151. The summed E-state index contributed by atoms with van der Waals surface area (Å²) >= 11 is 0. The van der Waals surface area contributed by atoms with Crippen molar-refractivity contribution in [1.82, 2.24) is 10.2 Å². The van der Waals surface area contributed by atoms with Gasteiger partial charge < -0.3 is 10.2 Å². The highest BCUT2D eigenvalue weighted by atomic mass is 16.2. The molecule has 4 heteroatoms. The van der Waals surface area contributed by atoms with Gasteiger partial charge in [-0.05, 0) is 31.6 Å². The predicted molar refractivity (Wildman–Crippen MR) is 69.8 cm³/mol. The first-order chi connectivity index (χ1) is 8.41. The first kappa shape index (κ1) is 13.1. The van der Waals surface area contributed by atoms with E-state index in [2.05, 4.69) is 11.9 Å². The van der Waals surface area contributed by atoms with Crippen LogP contribution in [0.1, 0.15) is 33.6 Å². The van der Waals surface area contributed by atoms with Gasteiger partial charge in [-0.2, -0.15) is 0 Å². The van der Waals surface area contributed by atoms with Crippen molar-refractivity contribution >= 4 is 11.8 Å². The normalized spacial score (nSPS) is 28.6. The molecule has 1 N–H and O–H groups in total. The maximum atomic E-state index is 12.5. The number of carbonyl (C=O) groups excluding carboxylic acids is 2. The Hall–Kier alpha value is -1.32. The minimum Gasteiger partial charge on any atom is -0.342 e. The third-order valence-electron chi connectivity index (χ3n) is 3.62. The van der Waals surface area contributed by atoms with Crippen LogP contribution in [0.5, 0.6) is 0 Å². The molecule has 1 aliphatic heterocycles. The molecule has 2 amide bonds. The molecule has 1 heterocycles. The number of nitrogens with zero attached hydrogens (tertiary/aromatic N) is 1. The van der Waals surface area contributed by atoms with E-state index < -0.39 is 0 Å². The molecular formula is C14H22N2O2. The van der Waals surface area contributed by atoms with Gasteiger partial charge in [-0.15, -0.1) is 0 Å². The van der Waals surface area contributed by atoms with E-state index in [0.29, 0.717) is 12.5 Å². The van der Waals surface area contributed by atoms with Gasteiger partial charge in [0.1, 0.15) is 12.1 Å². The van der Waals surface area contributed by atoms with Gasteiger partial charge in [0.25, 0.3) is 0 Å². The molecular weight excluding hydrogens is 228 g/mol. The summed E-state index contributed by atoms with van der Waals surface area (Å²) in [5, 5.41) is 2.90. The summed E-state index contributed by atoms with van der Waals surface area (Å²) in [6, 6.07) is -0.656. The Kier molecular flexibility index (Phi) is 3.46. The number of hydrogen-bond donors (Lipinski definition) is 1. The van der Waals surface area contributed by atoms with Crippen LogP contribution in [0.3, 0.4) is 0 Å². The van der Waals surface area contributed by atoms with Crippen LogP contribution < -0.4 is 5.32 Å². The second-order valence-electron chi connectivity index (χ2n) is 5.94. The van der Waals surface area contributed by atoms with Gasteiger partial charge in [0.15, 0.2) is 0 Å². The van der Waals surface area contributed by atoms with Crippen LogP contribution in [0.2, 0.25) is 0 Å². The van der Waals surface area contributed by atoms with Crippen molar-refractivity contribution in [2.45, 2.75) is 45.7 Å². The molecule has 2 atom stereocenters. The predicted octanol–water partition coefficient (Wildman–Crippen LogP) is 1.32. The molecule has 100 valence electrons. The largest absolute Gasteiger partial charge is 0.342 e. The van der Waals surface area contributed by atoms with Gasteiger partial charge in [-0.25, -0.2) is 0 Å². The fourth-order valence-electron chi connectivity index (χ4n) is 2.64. The molecule has 1 saturated carbocycles. The van der Waals surface area contributed by atoms with E-state index in [9.17, 15) is 9.59 Å². The van der Waals surface area contributed by atoms with Crippen molar-refractivity contribution in [3.63, 3.8) is 0 Å². The second-order valence-corrected chi connectivity index (χ2v) is 5.94. The van der Waals surface area contributed by atoms with Gasteiger partial charge in [0.2, 0.25) is 11.8 Å². The molecule has 2 unspecified atom stereocenters. The van der Waals surface area contributed by atoms with E-state index in [0.717, 1.165) is 18.4 Å². The van der Waals surface area contributed by atoms with Gasteiger partial charge >= 0.3 is 0 Å². The molecule has 4 nitrogen and oxygen atoms in total. The van der Waals surface area contributed by atoms with Crippen LogP contribution in [0.4, 0.5) is 0 Å². The van der Waals surface area contributed by atoms with Gasteiger partial charge in [-0.3, -0.25) is 9.59 Å². The number of nitrogens with one attached hydrogen (secondary N) is 1. The quantitative estimate of drug-likeness (QED) is 0.765. The Morgan fingerprint density at radius 1 is 1.44 bits per heavy atom. The van der Waals surface area contributed by atoms with E-state index in [1.807, 2.05) is 20.8 Å². The highest BCUT2D eigenvalue weighted by molar-refractivity contribution is 5.97. The Labute approximate surface area is 108 Å². The fraction of sp³-hybridized carbons (Fsp3) is 0.714. The summed E-state index contributed by atoms with van der Waals surface area (Å²) in [7, 11) is 0. The minimum absolute atomic E-state index is 0.0113. The average molecular weight is 250 g/mol. The molecule has 0 radical (unpaired) electrons. The molecule has 0 aromatic carbocycles. The van der Waals surface area contributed by atoms with Crippen LogP contribution in [-0.4, -0.2) is 35.3 Å². The number of piperazine rings is 1. The summed E-state index contributed by atoms with van der Waals surface area (Å²) in [5.41, 5.74) is 0.915. The van der Waals surface area contributed by atoms with E-state index in [1.165, 1.54) is 0 Å². The second kappa shape index (κ2) is 4.75. The van der Waals surface area contributed by atoms with Crippen LogP contribution in [-0.2, 0) is 9.59 Å². The summed E-state index contributed by atoms with van der Waals surface area (Å²) in [6.45, 7) is 10.2. The Morgan fingerprint density at radius 2 is 2.06 bits per heavy atom. The molecule has 18 heavy (non-hydrogen) atoms. The molecule has 2 rings (SSSR count). The van der Waals surface area contributed by atoms with Crippen molar-refractivity contribution < 1.29 is 9.59 Å². The first-order valence-electron chi connectivity index (χ1n) is 6.67. The van der Waals surface area contributed by atoms with Crippen molar-refractivity contribution in [2.75, 3.05) is 6.54 Å². The molecule has 0 bridgehead atoms. The summed E-state index contributed by atoms with van der Waals surface area (Å²) in [6.07, 6.45) is 2.09. The Bertz CT molecular complexity index is 385. The highest BCUT2D eigenvalue weighted by Crippen LogP contribution is 2.35. The monoisotopic (exact) mass is 250 g/mol. The van der Waals surface area contributed by atoms with Crippen LogP contribution in [0, 0.1) is 11.8 Å². The first-order valence-corrected chi connectivity index (χ1v) is 6.67. The molecule has 0 spiro atoms. The maximum absolute atomic E-state index is 12.5. The van der Waals surface area contributed by atoms with Crippen molar-refractivity contribution in [2.24, 2.45) is 11.8 Å². The van der Waals surface area contributed by atoms with E-state index in [1.54, 1.807) is 4.90 Å². The topological polar surface area (TPSA) is 49.4 Å². The molecule has 1 saturated heterocycles. The van der Waals surface area contributed by atoms with E-state index in [-0.39, 0.29) is 29.8 Å². The van der Waals surface area contributed by atoms with Gasteiger partial charge in [-0.1, -0.05) is 26.0 Å². The Balaban J connectivity index is 2.23. The van der Waals surface area contributed by atoms with Gasteiger partial charge in [0, 0.05) is 6.54 Å². The third kappa shape index (κ3) is 2.42.